The first kappa shape index (κ1) is 34.2. The van der Waals surface area contributed by atoms with E-state index in [2.05, 4.69) is 19.9 Å². The topological polar surface area (TPSA) is 205 Å². The Labute approximate surface area is 260 Å². The van der Waals surface area contributed by atoms with Gasteiger partial charge in [0.05, 0.1) is 18.1 Å². The predicted molar refractivity (Wildman–Crippen MR) is 158 cm³/mol. The molecule has 0 spiro atoms. The van der Waals surface area contributed by atoms with Gasteiger partial charge in [-0.05, 0) is 97.2 Å². The Hall–Kier alpha value is -1.13. The zero-order valence-electron chi connectivity index (χ0n) is 26.2. The Morgan fingerprint density at radius 3 is 2.14 bits per heavy atom. The number of aliphatic carboxylic acids is 1. The molecule has 0 radical (unpaired) electrons. The minimum absolute atomic E-state index is 0.0161. The summed E-state index contributed by atoms with van der Waals surface area (Å²) < 4.78 is 75.8. The summed E-state index contributed by atoms with van der Waals surface area (Å²) in [7, 11) is -9.96. The number of hydrogen-bond donors (Lipinski definition) is 5. The van der Waals surface area contributed by atoms with Crippen LogP contribution in [0.15, 0.2) is 11.6 Å². The van der Waals surface area contributed by atoms with Crippen LogP contribution in [0.25, 0.3) is 0 Å². The maximum atomic E-state index is 12.9. The van der Waals surface area contributed by atoms with Crippen molar-refractivity contribution in [3.05, 3.63) is 11.6 Å². The molecule has 5 aliphatic rings. The average Bonchev–Trinajstić information content (AvgIpc) is 2.89. The van der Waals surface area contributed by atoms with Crippen molar-refractivity contribution in [3.63, 3.8) is 0 Å². The lowest BCUT2D eigenvalue weighted by Crippen LogP contribution is -2.68. The van der Waals surface area contributed by atoms with E-state index in [-0.39, 0.29) is 35.7 Å². The molecule has 11 atom stereocenters. The second-order valence-corrected chi connectivity index (χ2v) is 18.0. The maximum Gasteiger partial charge on any atom is 0.397 e. The number of aliphatic hydroxyl groups is 2. The Morgan fingerprint density at radius 2 is 1.57 bits per heavy atom. The highest BCUT2D eigenvalue weighted by atomic mass is 32.3. The smallest absolute Gasteiger partial charge is 0.397 e. The molecule has 0 bridgehead atoms. The summed E-state index contributed by atoms with van der Waals surface area (Å²) in [4.78, 5) is 12.9. The van der Waals surface area contributed by atoms with E-state index in [9.17, 15) is 46.1 Å². The molecular weight excluding hydrogens is 616 g/mol. The molecule has 5 aliphatic carbocycles. The second kappa shape index (κ2) is 10.4. The van der Waals surface area contributed by atoms with Gasteiger partial charge >= 0.3 is 26.8 Å². The van der Waals surface area contributed by atoms with Crippen molar-refractivity contribution in [1.29, 1.82) is 0 Å². The summed E-state index contributed by atoms with van der Waals surface area (Å²) in [5, 5.41) is 32.3. The van der Waals surface area contributed by atoms with Gasteiger partial charge in [0.2, 0.25) is 0 Å². The minimum atomic E-state index is -5.04. The largest absolute Gasteiger partial charge is 0.481 e. The van der Waals surface area contributed by atoms with Crippen molar-refractivity contribution >= 4 is 26.8 Å². The van der Waals surface area contributed by atoms with Crippen LogP contribution in [0.4, 0.5) is 0 Å². The third kappa shape index (κ3) is 5.01. The molecule has 0 saturated heterocycles. The third-order valence-electron chi connectivity index (χ3n) is 13.8. The van der Waals surface area contributed by atoms with Gasteiger partial charge in [0, 0.05) is 12.0 Å². The quantitative estimate of drug-likeness (QED) is 0.195. The standard InChI is InChI=1S/C30H48O12S2/c1-25(16-31)10-12-30(24(33)34)13-11-28(4)18(19(30)14-25)6-7-22-26(2)15-20(32)23(42-44(38,39)40)27(3,17-41-43(35,36)37)21(26)8-9-29(22,28)5/h6,19-23,31-32H,7-17H2,1-5H3,(H,33,34)(H,35,36,37)(H,38,39,40). The summed E-state index contributed by atoms with van der Waals surface area (Å²) in [6.07, 6.45) is 3.95. The fourth-order valence-electron chi connectivity index (χ4n) is 11.3. The predicted octanol–water partition coefficient (Wildman–Crippen LogP) is 3.80. The summed E-state index contributed by atoms with van der Waals surface area (Å²) in [5.74, 6) is -1.52. The normalized spacial score (nSPS) is 49.1. The molecule has 11 unspecified atom stereocenters. The lowest BCUT2D eigenvalue weighted by Gasteiger charge is -2.71. The van der Waals surface area contributed by atoms with E-state index in [1.165, 1.54) is 0 Å². The number of allylic oxidation sites excluding steroid dienone is 2. The van der Waals surface area contributed by atoms with E-state index < -0.39 is 73.2 Å². The van der Waals surface area contributed by atoms with Gasteiger partial charge in [-0.1, -0.05) is 46.3 Å². The molecule has 0 aromatic carbocycles. The molecule has 14 heteroatoms. The van der Waals surface area contributed by atoms with Crippen LogP contribution in [0, 0.1) is 50.2 Å². The van der Waals surface area contributed by atoms with Crippen molar-refractivity contribution < 1.29 is 54.4 Å². The molecule has 0 aromatic heterocycles. The fraction of sp³-hybridized carbons (Fsp3) is 0.900. The van der Waals surface area contributed by atoms with Gasteiger partial charge in [0.15, 0.2) is 0 Å². The number of hydrogen-bond acceptors (Lipinski definition) is 9. The Morgan fingerprint density at radius 1 is 0.932 bits per heavy atom. The molecule has 0 aromatic rings. The molecule has 44 heavy (non-hydrogen) atoms. The van der Waals surface area contributed by atoms with Crippen molar-refractivity contribution in [2.24, 2.45) is 50.2 Å². The van der Waals surface area contributed by atoms with Gasteiger partial charge in [-0.3, -0.25) is 13.9 Å². The molecule has 5 N–H and O–H groups in total. The lowest BCUT2D eigenvalue weighted by atomic mass is 9.33. The Balaban J connectivity index is 1.60. The Bertz CT molecular complexity index is 1450. The summed E-state index contributed by atoms with van der Waals surface area (Å²) in [5.41, 5.74) is -3.02. The van der Waals surface area contributed by atoms with Crippen molar-refractivity contribution in [3.8, 4) is 0 Å². The number of aliphatic hydroxyl groups excluding tert-OH is 2. The zero-order valence-corrected chi connectivity index (χ0v) is 27.8. The van der Waals surface area contributed by atoms with Crippen LogP contribution < -0.4 is 0 Å². The molecule has 5 rings (SSSR count). The molecule has 4 fully saturated rings. The van der Waals surface area contributed by atoms with Crippen LogP contribution >= 0.6 is 0 Å². The third-order valence-corrected chi connectivity index (χ3v) is 14.6. The first-order valence-corrected chi connectivity index (χ1v) is 18.2. The number of carbonyl (C=O) groups is 1. The van der Waals surface area contributed by atoms with Gasteiger partial charge in [-0.25, -0.2) is 8.37 Å². The van der Waals surface area contributed by atoms with Gasteiger partial charge in [0.25, 0.3) is 0 Å². The van der Waals surface area contributed by atoms with Crippen LogP contribution in [-0.2, 0) is 34.0 Å². The average molecular weight is 665 g/mol. The SMILES string of the molecule is CC1(CO)CCC2(C(=O)O)CCC3(C)C(=CCC4C5(C)CC(O)C(OS(=O)(=O)O)C(C)(COS(=O)(=O)O)C5CCC43C)C2C1. The molecule has 0 aliphatic heterocycles. The number of fused-ring (bicyclic) bond motifs is 7. The number of rotatable bonds is 7. The Kier molecular flexibility index (Phi) is 8.11. The van der Waals surface area contributed by atoms with E-state index >= 15 is 0 Å². The highest BCUT2D eigenvalue weighted by Crippen LogP contribution is 2.76. The van der Waals surface area contributed by atoms with Gasteiger partial charge in [-0.15, -0.1) is 0 Å². The highest BCUT2D eigenvalue weighted by molar-refractivity contribution is 7.81. The molecular formula is C30H48O12S2. The fourth-order valence-corrected chi connectivity index (χ4v) is 12.3. The van der Waals surface area contributed by atoms with Crippen molar-refractivity contribution in [2.75, 3.05) is 13.2 Å². The van der Waals surface area contributed by atoms with Gasteiger partial charge < -0.3 is 15.3 Å². The summed E-state index contributed by atoms with van der Waals surface area (Å²) in [6.45, 7) is 9.37. The number of carboxylic acid groups (broad SMARTS) is 1. The molecule has 0 amide bonds. The molecule has 12 nitrogen and oxygen atoms in total. The van der Waals surface area contributed by atoms with Crippen LogP contribution in [0.2, 0.25) is 0 Å². The van der Waals surface area contributed by atoms with E-state index in [0.29, 0.717) is 51.4 Å². The maximum absolute atomic E-state index is 12.9. The van der Waals surface area contributed by atoms with E-state index in [0.717, 1.165) is 5.57 Å². The van der Waals surface area contributed by atoms with Crippen LogP contribution in [0.3, 0.4) is 0 Å². The second-order valence-electron chi connectivity index (χ2n) is 15.9. The minimum Gasteiger partial charge on any atom is -0.481 e. The van der Waals surface area contributed by atoms with E-state index in [1.54, 1.807) is 6.92 Å². The first-order valence-electron chi connectivity index (χ1n) is 15.5. The van der Waals surface area contributed by atoms with Crippen LogP contribution in [-0.4, -0.2) is 72.7 Å². The zero-order chi connectivity index (χ0) is 32.9. The first-order chi connectivity index (χ1) is 20.0. The van der Waals surface area contributed by atoms with Crippen LogP contribution in [0.1, 0.15) is 92.4 Å². The highest BCUT2D eigenvalue weighted by Gasteiger charge is 2.71. The number of carboxylic acids is 1. The van der Waals surface area contributed by atoms with Gasteiger partial charge in [-0.2, -0.15) is 16.8 Å². The summed E-state index contributed by atoms with van der Waals surface area (Å²) >= 11 is 0. The molecule has 0 heterocycles. The van der Waals surface area contributed by atoms with E-state index in [1.807, 2.05) is 13.8 Å². The molecule has 252 valence electrons. The van der Waals surface area contributed by atoms with E-state index in [4.69, 9.17) is 8.37 Å². The lowest BCUT2D eigenvalue weighted by molar-refractivity contribution is -0.237. The summed E-state index contributed by atoms with van der Waals surface area (Å²) in [6, 6.07) is 0. The van der Waals surface area contributed by atoms with Crippen molar-refractivity contribution in [2.45, 2.75) is 105 Å². The van der Waals surface area contributed by atoms with Crippen LogP contribution in [0.5, 0.6) is 0 Å². The van der Waals surface area contributed by atoms with Crippen molar-refractivity contribution in [1.82, 2.24) is 0 Å². The van der Waals surface area contributed by atoms with Gasteiger partial charge in [0.1, 0.15) is 6.10 Å². The molecule has 4 saturated carbocycles. The monoisotopic (exact) mass is 664 g/mol.